The molecule has 2 atom stereocenters. The normalized spacial score (nSPS) is 25.8. The van der Waals surface area contributed by atoms with E-state index in [2.05, 4.69) is 46.0 Å². The summed E-state index contributed by atoms with van der Waals surface area (Å²) < 4.78 is 1.19. The summed E-state index contributed by atoms with van der Waals surface area (Å²) in [5.41, 5.74) is 4.74. The number of thiophene rings is 1. The highest BCUT2D eigenvalue weighted by molar-refractivity contribution is 9.10. The van der Waals surface area contributed by atoms with Gasteiger partial charge in [0.15, 0.2) is 0 Å². The molecule has 0 amide bonds. The number of nitrogens with two attached hydrogens (primary N) is 1. The van der Waals surface area contributed by atoms with E-state index in [0.29, 0.717) is 11.3 Å². The van der Waals surface area contributed by atoms with Gasteiger partial charge in [0, 0.05) is 9.85 Å². The first-order valence-corrected chi connectivity index (χ1v) is 7.97. The SMILES string of the molecule is CC1(C)CCCCC1C(NN)c1cscc1Br. The molecule has 0 aliphatic heterocycles. The zero-order valence-corrected chi connectivity index (χ0v) is 12.9. The van der Waals surface area contributed by atoms with Crippen molar-refractivity contribution in [3.8, 4) is 0 Å². The monoisotopic (exact) mass is 316 g/mol. The molecule has 17 heavy (non-hydrogen) atoms. The predicted octanol–water partition coefficient (Wildman–Crippen LogP) is 4.23. The average Bonchev–Trinajstić information content (AvgIpc) is 2.68. The van der Waals surface area contributed by atoms with Crippen LogP contribution in [0.15, 0.2) is 15.2 Å². The van der Waals surface area contributed by atoms with E-state index in [9.17, 15) is 0 Å². The third kappa shape index (κ3) is 2.75. The van der Waals surface area contributed by atoms with E-state index >= 15 is 0 Å². The first kappa shape index (κ1) is 13.5. The van der Waals surface area contributed by atoms with Crippen molar-refractivity contribution in [3.63, 3.8) is 0 Å². The molecule has 3 N–H and O–H groups in total. The summed E-state index contributed by atoms with van der Waals surface area (Å²) in [5, 5.41) is 4.34. The third-order valence-electron chi connectivity index (χ3n) is 4.15. The quantitative estimate of drug-likeness (QED) is 0.647. The highest BCUT2D eigenvalue weighted by atomic mass is 79.9. The van der Waals surface area contributed by atoms with Gasteiger partial charge in [0.25, 0.3) is 0 Å². The molecule has 0 aromatic carbocycles. The molecule has 1 aliphatic rings. The summed E-state index contributed by atoms with van der Waals surface area (Å²) in [6.07, 6.45) is 5.25. The van der Waals surface area contributed by atoms with Gasteiger partial charge in [0.05, 0.1) is 6.04 Å². The van der Waals surface area contributed by atoms with Crippen LogP contribution < -0.4 is 11.3 Å². The molecule has 0 radical (unpaired) electrons. The van der Waals surface area contributed by atoms with Crippen LogP contribution in [-0.4, -0.2) is 0 Å². The van der Waals surface area contributed by atoms with Crippen molar-refractivity contribution in [3.05, 3.63) is 20.8 Å². The zero-order chi connectivity index (χ0) is 12.5. The van der Waals surface area contributed by atoms with Crippen molar-refractivity contribution in [2.45, 2.75) is 45.6 Å². The fourth-order valence-electron chi connectivity index (χ4n) is 3.07. The fraction of sp³-hybridized carbons (Fsp3) is 0.692. The van der Waals surface area contributed by atoms with Crippen LogP contribution in [-0.2, 0) is 0 Å². The van der Waals surface area contributed by atoms with Gasteiger partial charge < -0.3 is 0 Å². The van der Waals surface area contributed by atoms with Crippen LogP contribution in [0, 0.1) is 11.3 Å². The molecule has 1 saturated carbocycles. The van der Waals surface area contributed by atoms with Crippen molar-refractivity contribution >= 4 is 27.3 Å². The summed E-state index contributed by atoms with van der Waals surface area (Å²) in [5.74, 6) is 6.44. The van der Waals surface area contributed by atoms with E-state index in [4.69, 9.17) is 5.84 Å². The van der Waals surface area contributed by atoms with Crippen LogP contribution in [0.25, 0.3) is 0 Å². The summed E-state index contributed by atoms with van der Waals surface area (Å²) >= 11 is 5.36. The standard InChI is InChI=1S/C13H21BrN2S/c1-13(2)6-4-3-5-10(13)12(16-15)9-7-17-8-11(9)14/h7-8,10,12,16H,3-6,15H2,1-2H3. The minimum atomic E-state index is 0.269. The molecule has 1 aliphatic carbocycles. The van der Waals surface area contributed by atoms with E-state index in [1.165, 1.54) is 35.7 Å². The Kier molecular flexibility index (Phi) is 4.29. The Morgan fingerprint density at radius 1 is 1.47 bits per heavy atom. The number of rotatable bonds is 3. The van der Waals surface area contributed by atoms with E-state index < -0.39 is 0 Å². The molecule has 1 aromatic heterocycles. The Balaban J connectivity index is 2.26. The molecule has 0 saturated heterocycles. The Bertz CT molecular complexity index is 375. The van der Waals surface area contributed by atoms with Gasteiger partial charge in [-0.2, -0.15) is 11.3 Å². The van der Waals surface area contributed by atoms with E-state index in [-0.39, 0.29) is 6.04 Å². The number of hydrazine groups is 1. The molecule has 2 rings (SSSR count). The molecule has 1 aromatic rings. The lowest BCUT2D eigenvalue weighted by Crippen LogP contribution is -2.41. The third-order valence-corrected chi connectivity index (χ3v) is 5.90. The Morgan fingerprint density at radius 3 is 2.76 bits per heavy atom. The van der Waals surface area contributed by atoms with Crippen molar-refractivity contribution < 1.29 is 0 Å². The predicted molar refractivity (Wildman–Crippen MR) is 77.8 cm³/mol. The van der Waals surface area contributed by atoms with Gasteiger partial charge in [-0.15, -0.1) is 0 Å². The van der Waals surface area contributed by atoms with E-state index in [1.54, 1.807) is 11.3 Å². The molecular formula is C13H21BrN2S. The van der Waals surface area contributed by atoms with Crippen LogP contribution >= 0.6 is 27.3 Å². The second-order valence-corrected chi connectivity index (χ2v) is 7.26. The second-order valence-electron chi connectivity index (χ2n) is 5.66. The molecule has 4 heteroatoms. The highest BCUT2D eigenvalue weighted by Crippen LogP contribution is 2.47. The molecule has 2 nitrogen and oxygen atoms in total. The first-order chi connectivity index (χ1) is 8.06. The summed E-state index contributed by atoms with van der Waals surface area (Å²) in [4.78, 5) is 0. The van der Waals surface area contributed by atoms with Crippen LogP contribution in [0.1, 0.15) is 51.1 Å². The van der Waals surface area contributed by atoms with Gasteiger partial charge in [-0.25, -0.2) is 0 Å². The minimum absolute atomic E-state index is 0.269. The first-order valence-electron chi connectivity index (χ1n) is 6.24. The number of hydrogen-bond donors (Lipinski definition) is 2. The minimum Gasteiger partial charge on any atom is -0.271 e. The zero-order valence-electron chi connectivity index (χ0n) is 10.5. The highest BCUT2D eigenvalue weighted by Gasteiger charge is 2.38. The lowest BCUT2D eigenvalue weighted by atomic mass is 9.65. The molecule has 96 valence electrons. The smallest absolute Gasteiger partial charge is 0.0512 e. The summed E-state index contributed by atoms with van der Waals surface area (Å²) in [6.45, 7) is 4.75. The van der Waals surface area contributed by atoms with Crippen LogP contribution in [0.5, 0.6) is 0 Å². The Hall–Kier alpha value is 0.100. The maximum Gasteiger partial charge on any atom is 0.0512 e. The van der Waals surface area contributed by atoms with E-state index in [0.717, 1.165) is 0 Å². The van der Waals surface area contributed by atoms with Gasteiger partial charge >= 0.3 is 0 Å². The van der Waals surface area contributed by atoms with Gasteiger partial charge in [0.2, 0.25) is 0 Å². The lowest BCUT2D eigenvalue weighted by Gasteiger charge is -2.43. The molecule has 0 bridgehead atoms. The van der Waals surface area contributed by atoms with Crippen LogP contribution in [0.4, 0.5) is 0 Å². The Labute approximate surface area is 116 Å². The maximum atomic E-state index is 5.82. The van der Waals surface area contributed by atoms with Gasteiger partial charge in [0.1, 0.15) is 0 Å². The van der Waals surface area contributed by atoms with Gasteiger partial charge in [-0.3, -0.25) is 11.3 Å². The van der Waals surface area contributed by atoms with Gasteiger partial charge in [-0.05, 0) is 51.0 Å². The van der Waals surface area contributed by atoms with Gasteiger partial charge in [-0.1, -0.05) is 26.7 Å². The summed E-state index contributed by atoms with van der Waals surface area (Å²) in [7, 11) is 0. The molecular weight excluding hydrogens is 296 g/mol. The van der Waals surface area contributed by atoms with Crippen molar-refractivity contribution in [2.24, 2.45) is 17.2 Å². The number of halogens is 1. The largest absolute Gasteiger partial charge is 0.271 e. The topological polar surface area (TPSA) is 38.0 Å². The number of hydrogen-bond acceptors (Lipinski definition) is 3. The van der Waals surface area contributed by atoms with Crippen LogP contribution in [0.2, 0.25) is 0 Å². The second kappa shape index (κ2) is 5.39. The Morgan fingerprint density at radius 2 is 2.24 bits per heavy atom. The molecule has 1 heterocycles. The molecule has 2 unspecified atom stereocenters. The summed E-state index contributed by atoms with van der Waals surface area (Å²) in [6, 6.07) is 0.269. The molecule has 0 spiro atoms. The molecule has 1 fully saturated rings. The van der Waals surface area contributed by atoms with E-state index in [1.807, 2.05) is 0 Å². The fourth-order valence-corrected chi connectivity index (χ4v) is 4.65. The van der Waals surface area contributed by atoms with Crippen molar-refractivity contribution in [1.29, 1.82) is 0 Å². The lowest BCUT2D eigenvalue weighted by molar-refractivity contribution is 0.0981. The van der Waals surface area contributed by atoms with Crippen LogP contribution in [0.3, 0.4) is 0 Å². The number of nitrogens with one attached hydrogen (secondary N) is 1. The maximum absolute atomic E-state index is 5.82. The van der Waals surface area contributed by atoms with Crippen molar-refractivity contribution in [1.82, 2.24) is 5.43 Å². The average molecular weight is 317 g/mol. The van der Waals surface area contributed by atoms with Crippen molar-refractivity contribution in [2.75, 3.05) is 0 Å².